The Hall–Kier alpha value is -2.32. The van der Waals surface area contributed by atoms with E-state index in [1.807, 2.05) is 0 Å². The number of carbonyl (C=O) groups excluding carboxylic acids is 4. The van der Waals surface area contributed by atoms with E-state index in [1.54, 1.807) is 0 Å². The average Bonchev–Trinajstić information content (AvgIpc) is 2.11. The van der Waals surface area contributed by atoms with E-state index in [9.17, 15) is 19.2 Å². The number of rotatable bonds is 4. The number of hydrogen-bond donors (Lipinski definition) is 2. The summed E-state index contributed by atoms with van der Waals surface area (Å²) in [5, 5.41) is 0. The molecule has 0 bridgehead atoms. The molecule has 2 amide bonds. The molecule has 15 heavy (non-hydrogen) atoms. The Morgan fingerprint density at radius 1 is 0.800 bits per heavy atom. The molecular weight excluding hydrogens is 212 g/mol. The molecule has 84 valence electrons. The minimum absolute atomic E-state index is 0.808. The van der Waals surface area contributed by atoms with Gasteiger partial charge in [0, 0.05) is 0 Å². The molecule has 0 fully saturated rings. The number of nitrogens with two attached hydrogens (primary N) is 2. The van der Waals surface area contributed by atoms with E-state index in [4.69, 9.17) is 0 Å². The standard InChI is InChI=1S/C6H8N2O7/c7-5(11)13-1-3(9)15-4(10)2-14-6(8)12/h1-2H2,(H2,7,11)(H2,8,12). The highest BCUT2D eigenvalue weighted by atomic mass is 16.6. The first-order chi connectivity index (χ1) is 6.91. The molecule has 9 nitrogen and oxygen atoms in total. The van der Waals surface area contributed by atoms with Crippen molar-refractivity contribution in [3.63, 3.8) is 0 Å². The zero-order valence-corrected chi connectivity index (χ0v) is 7.43. The maximum Gasteiger partial charge on any atom is 0.405 e. The number of ether oxygens (including phenoxy) is 3. The first-order valence-electron chi connectivity index (χ1n) is 3.49. The van der Waals surface area contributed by atoms with Crippen molar-refractivity contribution in [1.82, 2.24) is 0 Å². The highest BCUT2D eigenvalue weighted by Gasteiger charge is 2.13. The van der Waals surface area contributed by atoms with E-state index < -0.39 is 37.3 Å². The molecule has 0 spiro atoms. The molecule has 0 atom stereocenters. The molecular formula is C6H8N2O7. The van der Waals surface area contributed by atoms with Crippen molar-refractivity contribution in [2.24, 2.45) is 11.5 Å². The number of hydrogen-bond acceptors (Lipinski definition) is 7. The fourth-order valence-corrected chi connectivity index (χ4v) is 0.446. The van der Waals surface area contributed by atoms with Gasteiger partial charge in [-0.3, -0.25) is 0 Å². The predicted octanol–water partition coefficient (Wildman–Crippen LogP) is -1.75. The second-order valence-corrected chi connectivity index (χ2v) is 2.06. The SMILES string of the molecule is NC(=O)OCC(=O)OC(=O)COC(N)=O. The number of amides is 2. The lowest BCUT2D eigenvalue weighted by Gasteiger charge is -2.02. The summed E-state index contributed by atoms with van der Waals surface area (Å²) in [5.41, 5.74) is 9.06. The van der Waals surface area contributed by atoms with Crippen LogP contribution in [0.1, 0.15) is 0 Å². The zero-order chi connectivity index (χ0) is 11.8. The molecule has 0 radical (unpaired) electrons. The molecule has 0 aromatic heterocycles. The van der Waals surface area contributed by atoms with Crippen LogP contribution in [-0.4, -0.2) is 37.3 Å². The minimum atomic E-state index is -1.19. The van der Waals surface area contributed by atoms with Crippen LogP contribution in [0.2, 0.25) is 0 Å². The molecule has 0 saturated heterocycles. The third-order valence-electron chi connectivity index (χ3n) is 0.892. The quantitative estimate of drug-likeness (QED) is 0.324. The first kappa shape index (κ1) is 12.7. The Balaban J connectivity index is 3.71. The molecule has 0 unspecified atom stereocenters. The van der Waals surface area contributed by atoms with Gasteiger partial charge >= 0.3 is 24.1 Å². The summed E-state index contributed by atoms with van der Waals surface area (Å²) < 4.78 is 12.0. The zero-order valence-electron chi connectivity index (χ0n) is 7.43. The lowest BCUT2D eigenvalue weighted by atomic mass is 10.7. The molecule has 0 heterocycles. The van der Waals surface area contributed by atoms with E-state index >= 15 is 0 Å². The van der Waals surface area contributed by atoms with Crippen molar-refractivity contribution in [3.05, 3.63) is 0 Å². The van der Waals surface area contributed by atoms with Gasteiger partial charge in [-0.05, 0) is 0 Å². The first-order valence-corrected chi connectivity index (χ1v) is 3.49. The topological polar surface area (TPSA) is 148 Å². The lowest BCUT2D eigenvalue weighted by molar-refractivity contribution is -0.163. The van der Waals surface area contributed by atoms with Crippen LogP contribution in [0.5, 0.6) is 0 Å². The highest BCUT2D eigenvalue weighted by Crippen LogP contribution is 1.85. The molecule has 0 aromatic carbocycles. The highest BCUT2D eigenvalue weighted by molar-refractivity contribution is 5.88. The van der Waals surface area contributed by atoms with E-state index in [0.29, 0.717) is 0 Å². The molecule has 0 aliphatic heterocycles. The second kappa shape index (κ2) is 6.18. The molecule has 0 aliphatic carbocycles. The van der Waals surface area contributed by atoms with Crippen LogP contribution in [0, 0.1) is 0 Å². The second-order valence-electron chi connectivity index (χ2n) is 2.06. The average molecular weight is 220 g/mol. The van der Waals surface area contributed by atoms with Crippen LogP contribution >= 0.6 is 0 Å². The summed E-state index contributed by atoms with van der Waals surface area (Å²) >= 11 is 0. The Morgan fingerprint density at radius 2 is 1.13 bits per heavy atom. The third-order valence-corrected chi connectivity index (χ3v) is 0.892. The van der Waals surface area contributed by atoms with E-state index in [-0.39, 0.29) is 0 Å². The van der Waals surface area contributed by atoms with Crippen molar-refractivity contribution in [3.8, 4) is 0 Å². The molecule has 0 aromatic rings. The number of carbonyl (C=O) groups is 4. The summed E-state index contributed by atoms with van der Waals surface area (Å²) in [6.07, 6.45) is -2.37. The van der Waals surface area contributed by atoms with E-state index in [0.717, 1.165) is 0 Å². The van der Waals surface area contributed by atoms with Crippen LogP contribution < -0.4 is 11.5 Å². The van der Waals surface area contributed by atoms with Gasteiger partial charge in [-0.2, -0.15) is 0 Å². The molecule has 9 heteroatoms. The summed E-state index contributed by atoms with van der Waals surface area (Å²) in [6, 6.07) is 0. The fourth-order valence-electron chi connectivity index (χ4n) is 0.446. The summed E-state index contributed by atoms with van der Waals surface area (Å²) in [7, 11) is 0. The third kappa shape index (κ3) is 8.02. The monoisotopic (exact) mass is 220 g/mol. The van der Waals surface area contributed by atoms with Gasteiger partial charge in [0.15, 0.2) is 13.2 Å². The van der Waals surface area contributed by atoms with Gasteiger partial charge in [-0.15, -0.1) is 0 Å². The molecule has 0 rings (SSSR count). The van der Waals surface area contributed by atoms with Gasteiger partial charge < -0.3 is 25.7 Å². The van der Waals surface area contributed by atoms with E-state index in [1.165, 1.54) is 0 Å². The molecule has 0 saturated carbocycles. The smallest absolute Gasteiger partial charge is 0.405 e. The number of primary amides is 2. The Bertz CT molecular complexity index is 259. The largest absolute Gasteiger partial charge is 0.438 e. The van der Waals surface area contributed by atoms with Crippen molar-refractivity contribution < 1.29 is 33.4 Å². The van der Waals surface area contributed by atoms with Gasteiger partial charge in [0.05, 0.1) is 0 Å². The molecule has 4 N–H and O–H groups in total. The summed E-state index contributed by atoms with van der Waals surface area (Å²) in [6.45, 7) is -1.62. The van der Waals surface area contributed by atoms with Crippen LogP contribution in [-0.2, 0) is 23.8 Å². The van der Waals surface area contributed by atoms with Crippen LogP contribution in [0.25, 0.3) is 0 Å². The molecule has 0 aliphatic rings. The predicted molar refractivity (Wildman–Crippen MR) is 42.2 cm³/mol. The number of esters is 2. The van der Waals surface area contributed by atoms with Crippen molar-refractivity contribution in [1.29, 1.82) is 0 Å². The Morgan fingerprint density at radius 3 is 1.40 bits per heavy atom. The van der Waals surface area contributed by atoms with Gasteiger partial charge in [-0.25, -0.2) is 19.2 Å². The normalized spacial score (nSPS) is 8.80. The minimum Gasteiger partial charge on any atom is -0.438 e. The Labute approximate surface area is 83.2 Å². The van der Waals surface area contributed by atoms with Crippen molar-refractivity contribution in [2.45, 2.75) is 0 Å². The Kier molecular flexibility index (Phi) is 5.23. The summed E-state index contributed by atoms with van der Waals surface area (Å²) in [5.74, 6) is -2.29. The van der Waals surface area contributed by atoms with Gasteiger partial charge in [0.1, 0.15) is 0 Å². The van der Waals surface area contributed by atoms with Crippen LogP contribution in [0.4, 0.5) is 9.59 Å². The fraction of sp³-hybridized carbons (Fsp3) is 0.333. The van der Waals surface area contributed by atoms with Gasteiger partial charge in [0.25, 0.3) is 0 Å². The lowest BCUT2D eigenvalue weighted by Crippen LogP contribution is -2.26. The van der Waals surface area contributed by atoms with E-state index in [2.05, 4.69) is 25.7 Å². The van der Waals surface area contributed by atoms with Crippen molar-refractivity contribution in [2.75, 3.05) is 13.2 Å². The van der Waals surface area contributed by atoms with Gasteiger partial charge in [-0.1, -0.05) is 0 Å². The summed E-state index contributed by atoms with van der Waals surface area (Å²) in [4.78, 5) is 41.4. The van der Waals surface area contributed by atoms with Crippen LogP contribution in [0.15, 0.2) is 0 Å². The van der Waals surface area contributed by atoms with Crippen LogP contribution in [0.3, 0.4) is 0 Å². The maximum atomic E-state index is 10.7. The van der Waals surface area contributed by atoms with Crippen molar-refractivity contribution >= 4 is 24.1 Å². The van der Waals surface area contributed by atoms with Gasteiger partial charge in [0.2, 0.25) is 0 Å². The maximum absolute atomic E-state index is 10.7.